The van der Waals surface area contributed by atoms with Crippen molar-refractivity contribution in [1.29, 1.82) is 0 Å². The van der Waals surface area contributed by atoms with Gasteiger partial charge in [-0.2, -0.15) is 0 Å². The first kappa shape index (κ1) is 13.8. The molecule has 0 saturated carbocycles. The van der Waals surface area contributed by atoms with E-state index >= 15 is 0 Å². The van der Waals surface area contributed by atoms with Crippen LogP contribution in [-0.2, 0) is 4.79 Å². The number of halogens is 1. The number of nitrogens with one attached hydrogen (secondary N) is 1. The highest BCUT2D eigenvalue weighted by atomic mass is 35.5. The fraction of sp³-hybridized carbons (Fsp3) is 0.278. The van der Waals surface area contributed by atoms with Crippen LogP contribution in [0, 0.1) is 0 Å². The molecule has 2 aliphatic rings. The van der Waals surface area contributed by atoms with Crippen molar-refractivity contribution in [3.8, 4) is 0 Å². The third-order valence-corrected chi connectivity index (χ3v) is 4.88. The molecule has 2 aliphatic heterocycles. The van der Waals surface area contributed by atoms with Crippen LogP contribution in [0.2, 0.25) is 5.02 Å². The standard InChI is InChI=1S/C18H17ClN2O/c19-13-5-3-4-12(10-13)16-11-21-9-8-20-18(22)17(21)15-7-2-1-6-14(15)16/h1-7,10,16-17H,8-9,11H2,(H,20,22). The molecule has 1 fully saturated rings. The van der Waals surface area contributed by atoms with E-state index in [0.29, 0.717) is 0 Å². The van der Waals surface area contributed by atoms with Crippen LogP contribution in [-0.4, -0.2) is 30.4 Å². The molecule has 2 unspecified atom stereocenters. The van der Waals surface area contributed by atoms with Crippen molar-refractivity contribution in [2.24, 2.45) is 0 Å². The van der Waals surface area contributed by atoms with Crippen LogP contribution >= 0.6 is 11.6 Å². The average molecular weight is 313 g/mol. The Morgan fingerprint density at radius 3 is 2.73 bits per heavy atom. The van der Waals surface area contributed by atoms with Crippen molar-refractivity contribution in [2.75, 3.05) is 19.6 Å². The van der Waals surface area contributed by atoms with Gasteiger partial charge in [0, 0.05) is 30.6 Å². The number of benzene rings is 2. The number of hydrogen-bond acceptors (Lipinski definition) is 2. The summed E-state index contributed by atoms with van der Waals surface area (Å²) in [6.45, 7) is 2.47. The summed E-state index contributed by atoms with van der Waals surface area (Å²) in [4.78, 5) is 14.6. The number of amides is 1. The number of rotatable bonds is 1. The maximum absolute atomic E-state index is 12.3. The highest BCUT2D eigenvalue weighted by Crippen LogP contribution is 2.40. The Morgan fingerprint density at radius 1 is 1.09 bits per heavy atom. The zero-order valence-electron chi connectivity index (χ0n) is 12.1. The Labute approximate surface area is 134 Å². The van der Waals surface area contributed by atoms with Crippen molar-refractivity contribution in [3.63, 3.8) is 0 Å². The molecule has 2 heterocycles. The number of carbonyl (C=O) groups is 1. The van der Waals surface area contributed by atoms with Gasteiger partial charge in [0.15, 0.2) is 0 Å². The predicted molar refractivity (Wildman–Crippen MR) is 87.1 cm³/mol. The highest BCUT2D eigenvalue weighted by Gasteiger charge is 2.39. The Hall–Kier alpha value is -1.84. The highest BCUT2D eigenvalue weighted by molar-refractivity contribution is 6.30. The topological polar surface area (TPSA) is 32.3 Å². The van der Waals surface area contributed by atoms with Crippen LogP contribution in [0.1, 0.15) is 28.7 Å². The van der Waals surface area contributed by atoms with Gasteiger partial charge in [-0.15, -0.1) is 0 Å². The van der Waals surface area contributed by atoms with Gasteiger partial charge < -0.3 is 5.32 Å². The largest absolute Gasteiger partial charge is 0.353 e. The van der Waals surface area contributed by atoms with Gasteiger partial charge in [-0.1, -0.05) is 48.0 Å². The number of nitrogens with zero attached hydrogens (tertiary/aromatic N) is 1. The molecule has 0 aromatic heterocycles. The Kier molecular flexibility index (Phi) is 3.40. The first-order chi connectivity index (χ1) is 10.7. The third kappa shape index (κ3) is 2.21. The van der Waals surface area contributed by atoms with Crippen LogP contribution in [0.3, 0.4) is 0 Å². The molecule has 2 aromatic rings. The van der Waals surface area contributed by atoms with E-state index in [9.17, 15) is 4.79 Å². The van der Waals surface area contributed by atoms with E-state index < -0.39 is 0 Å². The van der Waals surface area contributed by atoms with Crippen LogP contribution in [0.5, 0.6) is 0 Å². The Bertz CT molecular complexity index is 731. The van der Waals surface area contributed by atoms with Crippen molar-refractivity contribution < 1.29 is 4.79 Å². The smallest absolute Gasteiger partial charge is 0.242 e. The molecule has 4 rings (SSSR count). The van der Waals surface area contributed by atoms with Gasteiger partial charge in [0.25, 0.3) is 0 Å². The molecular formula is C18H17ClN2O. The second kappa shape index (κ2) is 5.41. The SMILES string of the molecule is O=C1NCCN2CC(c3cccc(Cl)c3)c3ccccc3C12. The molecule has 0 radical (unpaired) electrons. The summed E-state index contributed by atoms with van der Waals surface area (Å²) in [6.07, 6.45) is 0. The van der Waals surface area contributed by atoms with Gasteiger partial charge in [0.05, 0.1) is 0 Å². The number of fused-ring (bicyclic) bond motifs is 3. The molecule has 4 heteroatoms. The Morgan fingerprint density at radius 2 is 1.91 bits per heavy atom. The monoisotopic (exact) mass is 312 g/mol. The predicted octanol–water partition coefficient (Wildman–Crippen LogP) is 2.96. The lowest BCUT2D eigenvalue weighted by atomic mass is 9.80. The summed E-state index contributed by atoms with van der Waals surface area (Å²) in [5.41, 5.74) is 3.57. The lowest BCUT2D eigenvalue weighted by Crippen LogP contribution is -2.53. The van der Waals surface area contributed by atoms with Gasteiger partial charge in [0.2, 0.25) is 5.91 Å². The van der Waals surface area contributed by atoms with E-state index in [0.717, 1.165) is 30.2 Å². The molecular weight excluding hydrogens is 296 g/mol. The van der Waals surface area contributed by atoms with E-state index in [-0.39, 0.29) is 17.9 Å². The molecule has 1 saturated heterocycles. The van der Waals surface area contributed by atoms with Crippen molar-refractivity contribution >= 4 is 17.5 Å². The van der Waals surface area contributed by atoms with E-state index in [1.54, 1.807) is 0 Å². The molecule has 1 amide bonds. The van der Waals surface area contributed by atoms with Crippen molar-refractivity contribution in [2.45, 2.75) is 12.0 Å². The van der Waals surface area contributed by atoms with Crippen LogP contribution in [0.4, 0.5) is 0 Å². The lowest BCUT2D eigenvalue weighted by Gasteiger charge is -2.43. The molecule has 2 atom stereocenters. The first-order valence-electron chi connectivity index (χ1n) is 7.60. The summed E-state index contributed by atoms with van der Waals surface area (Å²) >= 11 is 6.17. The van der Waals surface area contributed by atoms with E-state index in [1.807, 2.05) is 30.3 Å². The minimum absolute atomic E-state index is 0.114. The summed E-state index contributed by atoms with van der Waals surface area (Å²) in [6, 6.07) is 16.2. The van der Waals surface area contributed by atoms with E-state index in [1.165, 1.54) is 11.1 Å². The zero-order chi connectivity index (χ0) is 15.1. The van der Waals surface area contributed by atoms with Crippen LogP contribution in [0.15, 0.2) is 48.5 Å². The van der Waals surface area contributed by atoms with Gasteiger partial charge in [-0.05, 0) is 28.8 Å². The van der Waals surface area contributed by atoms with Crippen molar-refractivity contribution in [3.05, 3.63) is 70.2 Å². The fourth-order valence-electron chi connectivity index (χ4n) is 3.67. The summed E-state index contributed by atoms with van der Waals surface area (Å²) in [7, 11) is 0. The van der Waals surface area contributed by atoms with Crippen molar-refractivity contribution in [1.82, 2.24) is 10.2 Å². The second-order valence-corrected chi connectivity index (χ2v) is 6.36. The summed E-state index contributed by atoms with van der Waals surface area (Å²) in [5.74, 6) is 0.375. The Balaban J connectivity index is 1.84. The maximum atomic E-state index is 12.3. The number of carbonyl (C=O) groups excluding carboxylic acids is 1. The average Bonchev–Trinajstić information content (AvgIpc) is 2.54. The maximum Gasteiger partial charge on any atom is 0.242 e. The zero-order valence-corrected chi connectivity index (χ0v) is 12.9. The number of piperazine rings is 1. The third-order valence-electron chi connectivity index (χ3n) is 4.65. The minimum atomic E-state index is -0.152. The molecule has 0 spiro atoms. The fourth-order valence-corrected chi connectivity index (χ4v) is 3.87. The van der Waals surface area contributed by atoms with E-state index in [2.05, 4.69) is 28.4 Å². The first-order valence-corrected chi connectivity index (χ1v) is 7.98. The lowest BCUT2D eigenvalue weighted by molar-refractivity contribution is -0.129. The molecule has 1 N–H and O–H groups in total. The normalized spacial score (nSPS) is 24.3. The van der Waals surface area contributed by atoms with Crippen LogP contribution < -0.4 is 5.32 Å². The van der Waals surface area contributed by atoms with Gasteiger partial charge >= 0.3 is 0 Å². The van der Waals surface area contributed by atoms with E-state index in [4.69, 9.17) is 11.6 Å². The number of hydrogen-bond donors (Lipinski definition) is 1. The molecule has 0 bridgehead atoms. The minimum Gasteiger partial charge on any atom is -0.353 e. The van der Waals surface area contributed by atoms with Gasteiger partial charge in [0.1, 0.15) is 6.04 Å². The quantitative estimate of drug-likeness (QED) is 0.878. The molecule has 22 heavy (non-hydrogen) atoms. The molecule has 2 aromatic carbocycles. The molecule has 112 valence electrons. The van der Waals surface area contributed by atoms with Gasteiger partial charge in [-0.3, -0.25) is 9.69 Å². The summed E-state index contributed by atoms with van der Waals surface area (Å²) in [5, 5.41) is 3.74. The van der Waals surface area contributed by atoms with Gasteiger partial charge in [-0.25, -0.2) is 0 Å². The molecule has 0 aliphatic carbocycles. The molecule has 3 nitrogen and oxygen atoms in total. The van der Waals surface area contributed by atoms with Crippen LogP contribution in [0.25, 0.3) is 0 Å². The second-order valence-electron chi connectivity index (χ2n) is 5.93. The summed E-state index contributed by atoms with van der Waals surface area (Å²) < 4.78 is 0.